The molecule has 3 rings (SSSR count). The lowest BCUT2D eigenvalue weighted by Gasteiger charge is -2.21. The lowest BCUT2D eigenvalue weighted by molar-refractivity contribution is -0.142. The zero-order valence-corrected chi connectivity index (χ0v) is 14.1. The van der Waals surface area contributed by atoms with Crippen LogP contribution in [0.1, 0.15) is 46.4 Å². The van der Waals surface area contributed by atoms with Crippen molar-refractivity contribution in [3.63, 3.8) is 0 Å². The highest BCUT2D eigenvalue weighted by Gasteiger charge is 2.34. The van der Waals surface area contributed by atoms with Crippen LogP contribution in [-0.2, 0) is 4.79 Å². The van der Waals surface area contributed by atoms with Gasteiger partial charge in [-0.1, -0.05) is 12.1 Å². The zero-order chi connectivity index (χ0) is 16.4. The smallest absolute Gasteiger partial charge is 0.320 e. The fraction of sp³-hybridized carbons (Fsp3) is 0.471. The molecule has 6 nitrogen and oxygen atoms in total. The first-order chi connectivity index (χ1) is 11.1. The third kappa shape index (κ3) is 3.44. The Morgan fingerprint density at radius 2 is 1.67 bits per heavy atom. The predicted octanol–water partition coefficient (Wildman–Crippen LogP) is 2.03. The van der Waals surface area contributed by atoms with E-state index in [1.807, 2.05) is 4.90 Å². The van der Waals surface area contributed by atoms with Crippen molar-refractivity contribution in [2.45, 2.75) is 31.7 Å². The summed E-state index contributed by atoms with van der Waals surface area (Å²) in [6, 6.07) is 6.49. The molecule has 1 unspecified atom stereocenters. The fourth-order valence-corrected chi connectivity index (χ4v) is 3.40. The number of imide groups is 1. The minimum Gasteiger partial charge on any atom is -0.480 e. The lowest BCUT2D eigenvalue weighted by Crippen LogP contribution is -2.37. The molecule has 0 spiro atoms. The minimum absolute atomic E-state index is 0. The molecular formula is C17H21ClN2O4. The molecule has 130 valence electrons. The van der Waals surface area contributed by atoms with Crippen molar-refractivity contribution in [1.29, 1.82) is 0 Å². The molecule has 1 atom stereocenters. The standard InChI is InChI=1S/C17H20N2O4.ClH/c20-15-12-6-1-2-7-13(12)16(21)19(15)11-4-3-9-18-10-5-8-14(18)17(22)23;/h1-2,6-7,14H,3-5,8-11H2,(H,22,23);1H. The van der Waals surface area contributed by atoms with Gasteiger partial charge in [0.2, 0.25) is 0 Å². The highest BCUT2D eigenvalue weighted by Crippen LogP contribution is 2.23. The van der Waals surface area contributed by atoms with Gasteiger partial charge in [0.15, 0.2) is 0 Å². The first kappa shape index (κ1) is 18.4. The number of amides is 2. The molecular weight excluding hydrogens is 332 g/mol. The fourth-order valence-electron chi connectivity index (χ4n) is 3.40. The van der Waals surface area contributed by atoms with E-state index in [2.05, 4.69) is 0 Å². The van der Waals surface area contributed by atoms with Gasteiger partial charge in [-0.15, -0.1) is 12.4 Å². The van der Waals surface area contributed by atoms with Crippen LogP contribution in [0.5, 0.6) is 0 Å². The van der Waals surface area contributed by atoms with Crippen LogP contribution in [0.3, 0.4) is 0 Å². The Hall–Kier alpha value is -1.92. The van der Waals surface area contributed by atoms with Gasteiger partial charge in [-0.05, 0) is 50.9 Å². The molecule has 0 radical (unpaired) electrons. The number of benzene rings is 1. The molecule has 1 fully saturated rings. The summed E-state index contributed by atoms with van der Waals surface area (Å²) in [7, 11) is 0. The molecule has 1 aromatic carbocycles. The zero-order valence-electron chi connectivity index (χ0n) is 13.3. The monoisotopic (exact) mass is 352 g/mol. The van der Waals surface area contributed by atoms with E-state index in [0.29, 0.717) is 37.1 Å². The van der Waals surface area contributed by atoms with E-state index in [4.69, 9.17) is 5.11 Å². The summed E-state index contributed by atoms with van der Waals surface area (Å²) in [4.78, 5) is 38.8. The summed E-state index contributed by atoms with van der Waals surface area (Å²) < 4.78 is 0. The van der Waals surface area contributed by atoms with E-state index in [1.165, 1.54) is 4.90 Å². The number of nitrogens with zero attached hydrogens (tertiary/aromatic N) is 2. The maximum absolute atomic E-state index is 12.2. The van der Waals surface area contributed by atoms with Crippen molar-refractivity contribution in [2.75, 3.05) is 19.6 Å². The van der Waals surface area contributed by atoms with Crippen LogP contribution in [0, 0.1) is 0 Å². The number of carboxylic acid groups (broad SMARTS) is 1. The number of halogens is 1. The molecule has 2 amide bonds. The predicted molar refractivity (Wildman–Crippen MR) is 90.5 cm³/mol. The minimum atomic E-state index is -0.761. The van der Waals surface area contributed by atoms with E-state index >= 15 is 0 Å². The first-order valence-corrected chi connectivity index (χ1v) is 8.01. The van der Waals surface area contributed by atoms with Gasteiger partial charge in [0.1, 0.15) is 6.04 Å². The largest absolute Gasteiger partial charge is 0.480 e. The number of carbonyl (C=O) groups excluding carboxylic acids is 2. The summed E-state index contributed by atoms with van der Waals surface area (Å²) in [6.07, 6.45) is 3.08. The number of fused-ring (bicyclic) bond motifs is 1. The number of hydrogen-bond donors (Lipinski definition) is 1. The molecule has 2 aliphatic rings. The van der Waals surface area contributed by atoms with Gasteiger partial charge in [-0.2, -0.15) is 0 Å². The van der Waals surface area contributed by atoms with Crippen LogP contribution in [0.15, 0.2) is 24.3 Å². The molecule has 0 aromatic heterocycles. The van der Waals surface area contributed by atoms with Crippen molar-refractivity contribution in [3.8, 4) is 0 Å². The third-order valence-corrected chi connectivity index (χ3v) is 4.60. The number of unbranched alkanes of at least 4 members (excludes halogenated alkanes) is 1. The average molecular weight is 353 g/mol. The number of aliphatic carboxylic acids is 1. The Morgan fingerprint density at radius 1 is 1.08 bits per heavy atom. The molecule has 24 heavy (non-hydrogen) atoms. The molecule has 1 N–H and O–H groups in total. The second-order valence-corrected chi connectivity index (χ2v) is 6.05. The van der Waals surface area contributed by atoms with Gasteiger partial charge in [0.05, 0.1) is 11.1 Å². The lowest BCUT2D eigenvalue weighted by atomic mass is 10.1. The third-order valence-electron chi connectivity index (χ3n) is 4.60. The van der Waals surface area contributed by atoms with Crippen LogP contribution in [-0.4, -0.2) is 58.4 Å². The number of carbonyl (C=O) groups is 3. The molecule has 0 saturated carbocycles. The van der Waals surface area contributed by atoms with E-state index in [0.717, 1.165) is 19.4 Å². The van der Waals surface area contributed by atoms with Crippen LogP contribution in [0.2, 0.25) is 0 Å². The highest BCUT2D eigenvalue weighted by molar-refractivity contribution is 6.21. The first-order valence-electron chi connectivity index (χ1n) is 8.01. The maximum Gasteiger partial charge on any atom is 0.320 e. The molecule has 0 bridgehead atoms. The second kappa shape index (κ2) is 7.77. The average Bonchev–Trinajstić information content (AvgIpc) is 3.10. The Balaban J connectivity index is 0.00000208. The van der Waals surface area contributed by atoms with Crippen molar-refractivity contribution in [2.24, 2.45) is 0 Å². The van der Waals surface area contributed by atoms with Gasteiger partial charge in [0, 0.05) is 6.54 Å². The Labute approximate surface area is 146 Å². The molecule has 2 aliphatic heterocycles. The van der Waals surface area contributed by atoms with Gasteiger partial charge >= 0.3 is 5.97 Å². The van der Waals surface area contributed by atoms with E-state index in [1.54, 1.807) is 24.3 Å². The Kier molecular flexibility index (Phi) is 5.96. The summed E-state index contributed by atoms with van der Waals surface area (Å²) in [5.41, 5.74) is 0.950. The Bertz CT molecular complexity index is 614. The van der Waals surface area contributed by atoms with Gasteiger partial charge in [-0.25, -0.2) is 0 Å². The summed E-state index contributed by atoms with van der Waals surface area (Å²) in [6.45, 7) is 1.89. The van der Waals surface area contributed by atoms with Crippen LogP contribution >= 0.6 is 12.4 Å². The van der Waals surface area contributed by atoms with Crippen LogP contribution in [0.4, 0.5) is 0 Å². The molecule has 1 saturated heterocycles. The summed E-state index contributed by atoms with van der Waals surface area (Å²) in [5.74, 6) is -1.21. The van der Waals surface area contributed by atoms with E-state index in [-0.39, 0.29) is 30.3 Å². The highest BCUT2D eigenvalue weighted by atomic mass is 35.5. The van der Waals surface area contributed by atoms with Crippen molar-refractivity contribution < 1.29 is 19.5 Å². The van der Waals surface area contributed by atoms with Gasteiger partial charge in [0.25, 0.3) is 11.8 Å². The summed E-state index contributed by atoms with van der Waals surface area (Å²) in [5, 5.41) is 9.14. The van der Waals surface area contributed by atoms with Crippen LogP contribution < -0.4 is 0 Å². The number of hydrogen-bond acceptors (Lipinski definition) is 4. The van der Waals surface area contributed by atoms with Crippen molar-refractivity contribution in [1.82, 2.24) is 9.80 Å². The van der Waals surface area contributed by atoms with E-state index in [9.17, 15) is 14.4 Å². The number of rotatable bonds is 6. The number of likely N-dealkylation sites (tertiary alicyclic amines) is 1. The molecule has 2 heterocycles. The van der Waals surface area contributed by atoms with Crippen molar-refractivity contribution >= 4 is 30.2 Å². The van der Waals surface area contributed by atoms with Crippen molar-refractivity contribution in [3.05, 3.63) is 35.4 Å². The van der Waals surface area contributed by atoms with Crippen LogP contribution in [0.25, 0.3) is 0 Å². The molecule has 0 aliphatic carbocycles. The van der Waals surface area contributed by atoms with E-state index < -0.39 is 5.97 Å². The molecule has 1 aromatic rings. The quantitative estimate of drug-likeness (QED) is 0.626. The van der Waals surface area contributed by atoms with Gasteiger partial charge < -0.3 is 5.11 Å². The second-order valence-electron chi connectivity index (χ2n) is 6.05. The van der Waals surface area contributed by atoms with Gasteiger partial charge in [-0.3, -0.25) is 24.2 Å². The maximum atomic E-state index is 12.2. The molecule has 7 heteroatoms. The Morgan fingerprint density at radius 3 is 2.25 bits per heavy atom. The SMILES string of the molecule is Cl.O=C(O)C1CCCN1CCCCN1C(=O)c2ccccc2C1=O. The number of carboxylic acids is 1. The summed E-state index contributed by atoms with van der Waals surface area (Å²) >= 11 is 0. The topological polar surface area (TPSA) is 77.9 Å². The normalized spacial score (nSPS) is 20.2.